The smallest absolute Gasteiger partial charge is 0.256 e. The number of para-hydroxylation sites is 1. The van der Waals surface area contributed by atoms with Gasteiger partial charge in [0, 0.05) is 30.4 Å². The van der Waals surface area contributed by atoms with Crippen LogP contribution in [0.25, 0.3) is 0 Å². The van der Waals surface area contributed by atoms with Crippen LogP contribution in [0.3, 0.4) is 0 Å². The van der Waals surface area contributed by atoms with Gasteiger partial charge in [-0.25, -0.2) is 0 Å². The fourth-order valence-electron chi connectivity index (χ4n) is 3.92. The van der Waals surface area contributed by atoms with Crippen LogP contribution in [0.15, 0.2) is 36.7 Å². The zero-order valence-electron chi connectivity index (χ0n) is 14.8. The van der Waals surface area contributed by atoms with Gasteiger partial charge in [0.05, 0.1) is 17.8 Å². The van der Waals surface area contributed by atoms with Crippen molar-refractivity contribution >= 4 is 11.6 Å². The Bertz CT molecular complexity index is 765. The molecule has 1 amide bonds. The molecule has 2 heterocycles. The van der Waals surface area contributed by atoms with Crippen molar-refractivity contribution in [1.29, 1.82) is 0 Å². The molecule has 1 aliphatic heterocycles. The zero-order chi connectivity index (χ0) is 17.4. The van der Waals surface area contributed by atoms with E-state index in [-0.39, 0.29) is 11.9 Å². The molecular weight excluding hydrogens is 312 g/mol. The molecule has 4 rings (SSSR count). The van der Waals surface area contributed by atoms with E-state index in [1.54, 1.807) is 6.07 Å². The standard InChI is InChI=1S/C20H26N4O/c1-14-9-10-15(16-11-22-24(13-16)17-5-4-6-17)12-23(14)20(25)18-7-2-3-8-19(18)21/h2-3,7-8,11,13-15,17H,4-6,9-10,12,21H2,1H3/t14-,15?/m1/s1. The van der Waals surface area contributed by atoms with Gasteiger partial charge in [-0.05, 0) is 56.7 Å². The molecule has 25 heavy (non-hydrogen) atoms. The first-order valence-electron chi connectivity index (χ1n) is 9.33. The van der Waals surface area contributed by atoms with Crippen molar-refractivity contribution < 1.29 is 4.79 Å². The van der Waals surface area contributed by atoms with Gasteiger partial charge in [-0.3, -0.25) is 9.48 Å². The number of piperidine rings is 1. The van der Waals surface area contributed by atoms with E-state index >= 15 is 0 Å². The average Bonchev–Trinajstić information content (AvgIpc) is 3.03. The number of hydrogen-bond acceptors (Lipinski definition) is 3. The quantitative estimate of drug-likeness (QED) is 0.870. The van der Waals surface area contributed by atoms with Crippen molar-refractivity contribution in [2.75, 3.05) is 12.3 Å². The van der Waals surface area contributed by atoms with Crippen LogP contribution in [0.2, 0.25) is 0 Å². The van der Waals surface area contributed by atoms with Crippen molar-refractivity contribution in [3.8, 4) is 0 Å². The SMILES string of the molecule is C[C@@H]1CCC(c2cnn(C3CCC3)c2)CN1C(=O)c1ccccc1N. The molecule has 0 radical (unpaired) electrons. The first-order valence-corrected chi connectivity index (χ1v) is 9.33. The van der Waals surface area contributed by atoms with E-state index < -0.39 is 0 Å². The third-order valence-corrected chi connectivity index (χ3v) is 5.88. The number of nitrogen functional groups attached to an aromatic ring is 1. The molecule has 2 aromatic rings. The zero-order valence-corrected chi connectivity index (χ0v) is 14.8. The van der Waals surface area contributed by atoms with Gasteiger partial charge in [0.25, 0.3) is 5.91 Å². The monoisotopic (exact) mass is 338 g/mol. The van der Waals surface area contributed by atoms with Crippen LogP contribution in [0, 0.1) is 0 Å². The lowest BCUT2D eigenvalue weighted by atomic mass is 9.88. The highest BCUT2D eigenvalue weighted by molar-refractivity contribution is 5.99. The van der Waals surface area contributed by atoms with E-state index in [4.69, 9.17) is 5.73 Å². The van der Waals surface area contributed by atoms with Gasteiger partial charge in [0.15, 0.2) is 0 Å². The molecule has 1 saturated heterocycles. The topological polar surface area (TPSA) is 64.2 Å². The normalized spacial score (nSPS) is 24.1. The second-order valence-electron chi connectivity index (χ2n) is 7.51. The summed E-state index contributed by atoms with van der Waals surface area (Å²) in [6.45, 7) is 2.87. The molecule has 1 aromatic carbocycles. The van der Waals surface area contributed by atoms with Crippen molar-refractivity contribution in [1.82, 2.24) is 14.7 Å². The fraction of sp³-hybridized carbons (Fsp3) is 0.500. The summed E-state index contributed by atoms with van der Waals surface area (Å²) in [6, 6.07) is 8.18. The number of carbonyl (C=O) groups is 1. The summed E-state index contributed by atoms with van der Waals surface area (Å²) in [6.07, 6.45) is 10.1. The summed E-state index contributed by atoms with van der Waals surface area (Å²) < 4.78 is 2.12. The maximum absolute atomic E-state index is 13.0. The van der Waals surface area contributed by atoms with E-state index in [2.05, 4.69) is 22.9 Å². The molecule has 0 spiro atoms. The van der Waals surface area contributed by atoms with Gasteiger partial charge in [-0.1, -0.05) is 12.1 Å². The minimum absolute atomic E-state index is 0.0432. The van der Waals surface area contributed by atoms with Crippen molar-refractivity contribution in [3.63, 3.8) is 0 Å². The number of benzene rings is 1. The molecule has 2 fully saturated rings. The summed E-state index contributed by atoms with van der Waals surface area (Å²) in [5.41, 5.74) is 8.45. The number of amides is 1. The maximum atomic E-state index is 13.0. The summed E-state index contributed by atoms with van der Waals surface area (Å²) >= 11 is 0. The Kier molecular flexibility index (Phi) is 4.24. The number of nitrogens with zero attached hydrogens (tertiary/aromatic N) is 3. The largest absolute Gasteiger partial charge is 0.398 e. The highest BCUT2D eigenvalue weighted by Gasteiger charge is 2.32. The number of likely N-dealkylation sites (tertiary alicyclic amines) is 1. The Morgan fingerprint density at radius 2 is 2.00 bits per heavy atom. The molecule has 0 bridgehead atoms. The lowest BCUT2D eigenvalue weighted by Gasteiger charge is -2.38. The fourth-order valence-corrected chi connectivity index (χ4v) is 3.92. The molecule has 2 aliphatic rings. The second-order valence-corrected chi connectivity index (χ2v) is 7.51. The Balaban J connectivity index is 1.52. The Labute approximate surface area is 148 Å². The summed E-state index contributed by atoms with van der Waals surface area (Å²) in [5, 5.41) is 4.57. The summed E-state index contributed by atoms with van der Waals surface area (Å²) in [7, 11) is 0. The van der Waals surface area contributed by atoms with E-state index in [0.29, 0.717) is 23.2 Å². The van der Waals surface area contributed by atoms with Crippen LogP contribution in [0.5, 0.6) is 0 Å². The van der Waals surface area contributed by atoms with E-state index in [1.807, 2.05) is 29.3 Å². The number of carbonyl (C=O) groups excluding carboxylic acids is 1. The molecule has 5 nitrogen and oxygen atoms in total. The van der Waals surface area contributed by atoms with E-state index in [0.717, 1.165) is 19.4 Å². The lowest BCUT2D eigenvalue weighted by Crippen LogP contribution is -2.45. The molecule has 2 atom stereocenters. The first-order chi connectivity index (χ1) is 12.1. The molecule has 132 valence electrons. The second kappa shape index (κ2) is 6.54. The van der Waals surface area contributed by atoms with Crippen LogP contribution in [-0.2, 0) is 0 Å². The maximum Gasteiger partial charge on any atom is 0.256 e. The molecule has 1 aliphatic carbocycles. The summed E-state index contributed by atoms with van der Waals surface area (Å²) in [5.74, 6) is 0.403. The minimum Gasteiger partial charge on any atom is -0.398 e. The van der Waals surface area contributed by atoms with Gasteiger partial charge in [-0.2, -0.15) is 5.10 Å². The van der Waals surface area contributed by atoms with Crippen LogP contribution in [0.4, 0.5) is 5.69 Å². The molecule has 5 heteroatoms. The van der Waals surface area contributed by atoms with Gasteiger partial charge in [-0.15, -0.1) is 0 Å². The highest BCUT2D eigenvalue weighted by atomic mass is 16.2. The summed E-state index contributed by atoms with van der Waals surface area (Å²) in [4.78, 5) is 15.0. The van der Waals surface area contributed by atoms with Gasteiger partial charge >= 0.3 is 0 Å². The average molecular weight is 338 g/mol. The number of aromatic nitrogens is 2. The number of anilines is 1. The molecule has 1 saturated carbocycles. The Morgan fingerprint density at radius 3 is 2.72 bits per heavy atom. The Morgan fingerprint density at radius 1 is 1.20 bits per heavy atom. The van der Waals surface area contributed by atoms with E-state index in [9.17, 15) is 4.79 Å². The number of rotatable bonds is 3. The van der Waals surface area contributed by atoms with E-state index in [1.165, 1.54) is 24.8 Å². The molecule has 1 aromatic heterocycles. The highest BCUT2D eigenvalue weighted by Crippen LogP contribution is 2.34. The van der Waals surface area contributed by atoms with Gasteiger partial charge < -0.3 is 10.6 Å². The van der Waals surface area contributed by atoms with Crippen molar-refractivity contribution in [2.45, 2.75) is 57.0 Å². The van der Waals surface area contributed by atoms with Gasteiger partial charge in [0.1, 0.15) is 0 Å². The lowest BCUT2D eigenvalue weighted by molar-refractivity contribution is 0.0611. The van der Waals surface area contributed by atoms with Crippen LogP contribution < -0.4 is 5.73 Å². The predicted molar refractivity (Wildman–Crippen MR) is 98.4 cm³/mol. The Hall–Kier alpha value is -2.30. The molecular formula is C20H26N4O. The van der Waals surface area contributed by atoms with Crippen molar-refractivity contribution in [3.05, 3.63) is 47.8 Å². The minimum atomic E-state index is 0.0432. The van der Waals surface area contributed by atoms with Crippen LogP contribution in [0.1, 0.15) is 66.9 Å². The first kappa shape index (κ1) is 16.2. The van der Waals surface area contributed by atoms with Gasteiger partial charge in [0.2, 0.25) is 0 Å². The molecule has 1 unspecified atom stereocenters. The van der Waals surface area contributed by atoms with Crippen LogP contribution in [-0.4, -0.2) is 33.2 Å². The predicted octanol–water partition coefficient (Wildman–Crippen LogP) is 3.60. The number of hydrogen-bond donors (Lipinski definition) is 1. The number of nitrogens with two attached hydrogens (primary N) is 1. The molecule has 2 N–H and O–H groups in total. The third-order valence-electron chi connectivity index (χ3n) is 5.88. The third kappa shape index (κ3) is 3.03. The van der Waals surface area contributed by atoms with Crippen molar-refractivity contribution in [2.24, 2.45) is 0 Å². The van der Waals surface area contributed by atoms with Crippen LogP contribution >= 0.6 is 0 Å².